The second-order valence-electron chi connectivity index (χ2n) is 19.4. The number of fused-ring (bicyclic) bond motifs is 21. The molecule has 0 saturated carbocycles. The zero-order valence-electron chi connectivity index (χ0n) is 38.8. The summed E-state index contributed by atoms with van der Waals surface area (Å²) in [6, 6.07) is 91.6. The second kappa shape index (κ2) is 14.8. The highest BCUT2D eigenvalue weighted by atomic mass is 32.1. The lowest BCUT2D eigenvalue weighted by Gasteiger charge is -2.42. The molecule has 3 heterocycles. The minimum Gasteiger partial charge on any atom is -0.457 e. The Bertz CT molecular complexity index is 4170. The molecular weight excluding hydrogens is 895 g/mol. The minimum atomic E-state index is -0.707. The van der Waals surface area contributed by atoms with Crippen LogP contribution in [0.4, 0.5) is 17.1 Å². The van der Waals surface area contributed by atoms with Gasteiger partial charge in [0.25, 0.3) is 0 Å². The van der Waals surface area contributed by atoms with Crippen molar-refractivity contribution in [3.63, 3.8) is 0 Å². The van der Waals surface area contributed by atoms with Crippen molar-refractivity contribution >= 4 is 48.6 Å². The highest BCUT2D eigenvalue weighted by Crippen LogP contribution is 2.67. The second-order valence-corrected chi connectivity index (χ2v) is 20.5. The van der Waals surface area contributed by atoms with Gasteiger partial charge in [-0.25, -0.2) is 0 Å². The van der Waals surface area contributed by atoms with Crippen LogP contribution in [0.15, 0.2) is 249 Å². The van der Waals surface area contributed by atoms with Crippen molar-refractivity contribution in [3.05, 3.63) is 293 Å². The van der Waals surface area contributed by atoms with E-state index in [-0.39, 0.29) is 0 Å². The van der Waals surface area contributed by atoms with E-state index in [1.807, 2.05) is 11.3 Å². The molecule has 2 aliphatic carbocycles. The van der Waals surface area contributed by atoms with Crippen molar-refractivity contribution < 1.29 is 9.47 Å². The van der Waals surface area contributed by atoms with Gasteiger partial charge in [-0.15, -0.1) is 11.3 Å². The van der Waals surface area contributed by atoms with E-state index in [9.17, 15) is 0 Å². The summed E-state index contributed by atoms with van der Waals surface area (Å²) in [5.41, 5.74) is 18.7. The number of ether oxygens (including phenoxy) is 2. The Morgan fingerprint density at radius 3 is 1.46 bits per heavy atom. The van der Waals surface area contributed by atoms with Gasteiger partial charge in [0.05, 0.1) is 22.2 Å². The van der Waals surface area contributed by atoms with Gasteiger partial charge in [0.2, 0.25) is 0 Å². The fourth-order valence-electron chi connectivity index (χ4n) is 13.3. The maximum atomic E-state index is 6.86. The number of benzene rings is 11. The summed E-state index contributed by atoms with van der Waals surface area (Å²) in [6.07, 6.45) is 0. The third-order valence-electron chi connectivity index (χ3n) is 16.0. The number of thiophene rings is 1. The zero-order chi connectivity index (χ0) is 47.1. The normalized spacial score (nSPS) is 14.3. The van der Waals surface area contributed by atoms with Crippen molar-refractivity contribution in [1.29, 1.82) is 0 Å². The molecule has 0 N–H and O–H groups in total. The van der Waals surface area contributed by atoms with Gasteiger partial charge in [0.1, 0.15) is 23.0 Å². The highest BCUT2D eigenvalue weighted by molar-refractivity contribution is 7.25. The summed E-state index contributed by atoms with van der Waals surface area (Å²) < 4.78 is 16.2. The van der Waals surface area contributed by atoms with E-state index < -0.39 is 10.8 Å². The third kappa shape index (κ3) is 5.13. The molecule has 12 aromatic rings. The first kappa shape index (κ1) is 39.8. The maximum absolute atomic E-state index is 6.86. The molecule has 4 heteroatoms. The van der Waals surface area contributed by atoms with Crippen LogP contribution < -0.4 is 14.4 Å². The predicted octanol–water partition coefficient (Wildman–Crippen LogP) is 18.1. The molecule has 0 saturated heterocycles. The summed E-state index contributed by atoms with van der Waals surface area (Å²) in [4.78, 5) is 2.57. The minimum absolute atomic E-state index is 0.636. The molecule has 3 nitrogen and oxygen atoms in total. The molecule has 1 aromatic heterocycles. The van der Waals surface area contributed by atoms with Gasteiger partial charge in [-0.2, -0.15) is 0 Å². The number of para-hydroxylation sites is 4. The van der Waals surface area contributed by atoms with Crippen LogP contribution in [0.25, 0.3) is 53.6 Å². The first-order valence-electron chi connectivity index (χ1n) is 24.7. The molecule has 2 aliphatic heterocycles. The predicted molar refractivity (Wildman–Crippen MR) is 294 cm³/mol. The van der Waals surface area contributed by atoms with Crippen LogP contribution in [0.3, 0.4) is 0 Å². The van der Waals surface area contributed by atoms with E-state index in [4.69, 9.17) is 9.47 Å². The van der Waals surface area contributed by atoms with E-state index in [0.717, 1.165) is 62.3 Å². The molecule has 0 unspecified atom stereocenters. The summed E-state index contributed by atoms with van der Waals surface area (Å²) >= 11 is 1.86. The Labute approximate surface area is 421 Å². The summed E-state index contributed by atoms with van der Waals surface area (Å²) in [5, 5.41) is 2.61. The molecule has 0 bridgehead atoms. The van der Waals surface area contributed by atoms with Gasteiger partial charge >= 0.3 is 0 Å². The monoisotopic (exact) mass is 935 g/mol. The van der Waals surface area contributed by atoms with Crippen LogP contribution in [0, 0.1) is 0 Å². The smallest absolute Gasteiger partial charge is 0.132 e. The summed E-state index contributed by atoms with van der Waals surface area (Å²) in [5.74, 6) is 3.49. The van der Waals surface area contributed by atoms with Crippen molar-refractivity contribution in [2.45, 2.75) is 10.8 Å². The van der Waals surface area contributed by atoms with Gasteiger partial charge in [0.15, 0.2) is 0 Å². The topological polar surface area (TPSA) is 21.7 Å². The van der Waals surface area contributed by atoms with Crippen molar-refractivity contribution in [3.8, 4) is 56.4 Å². The largest absolute Gasteiger partial charge is 0.457 e. The van der Waals surface area contributed by atoms with E-state index in [0.29, 0.717) is 0 Å². The number of rotatable bonds is 4. The molecule has 11 aromatic carbocycles. The zero-order valence-corrected chi connectivity index (χ0v) is 39.7. The fourth-order valence-corrected chi connectivity index (χ4v) is 14.4. The van der Waals surface area contributed by atoms with Gasteiger partial charge in [-0.3, -0.25) is 0 Å². The molecule has 4 aliphatic rings. The molecular formula is C68H41NO2S. The van der Waals surface area contributed by atoms with E-state index in [1.165, 1.54) is 75.8 Å². The van der Waals surface area contributed by atoms with Crippen LogP contribution in [-0.2, 0) is 10.8 Å². The molecule has 0 fully saturated rings. The Morgan fingerprint density at radius 1 is 0.319 bits per heavy atom. The van der Waals surface area contributed by atoms with Crippen LogP contribution in [-0.4, -0.2) is 0 Å². The summed E-state index contributed by atoms with van der Waals surface area (Å²) in [7, 11) is 0. The molecule has 0 radical (unpaired) electrons. The Hall–Kier alpha value is -8.96. The lowest BCUT2D eigenvalue weighted by atomic mass is 9.65. The van der Waals surface area contributed by atoms with E-state index in [1.54, 1.807) is 0 Å². The van der Waals surface area contributed by atoms with Gasteiger partial charge < -0.3 is 14.4 Å². The lowest BCUT2D eigenvalue weighted by Crippen LogP contribution is -2.33. The van der Waals surface area contributed by atoms with Gasteiger partial charge in [0, 0.05) is 59.2 Å². The molecule has 2 spiro atoms. The van der Waals surface area contributed by atoms with Gasteiger partial charge in [-0.05, 0) is 105 Å². The quantitative estimate of drug-likeness (QED) is 0.176. The Kier molecular flexibility index (Phi) is 8.18. The average molecular weight is 936 g/mol. The van der Waals surface area contributed by atoms with Crippen LogP contribution >= 0.6 is 11.3 Å². The van der Waals surface area contributed by atoms with Crippen molar-refractivity contribution in [2.75, 3.05) is 4.90 Å². The van der Waals surface area contributed by atoms with E-state index >= 15 is 0 Å². The summed E-state index contributed by atoms with van der Waals surface area (Å²) in [6.45, 7) is 0. The lowest BCUT2D eigenvalue weighted by molar-refractivity contribution is 0.436. The molecule has 0 amide bonds. The van der Waals surface area contributed by atoms with E-state index in [2.05, 4.69) is 254 Å². The first-order chi connectivity index (χ1) is 35.7. The van der Waals surface area contributed by atoms with Crippen LogP contribution in [0.5, 0.6) is 23.0 Å². The number of anilines is 3. The van der Waals surface area contributed by atoms with Crippen LogP contribution in [0.2, 0.25) is 0 Å². The van der Waals surface area contributed by atoms with Crippen molar-refractivity contribution in [2.24, 2.45) is 0 Å². The first-order valence-corrected chi connectivity index (χ1v) is 25.6. The Balaban J connectivity index is 0.996. The molecule has 0 atom stereocenters. The number of nitrogens with zero attached hydrogens (tertiary/aromatic N) is 1. The molecule has 72 heavy (non-hydrogen) atoms. The average Bonchev–Trinajstić information content (AvgIpc) is 4.08. The van der Waals surface area contributed by atoms with Crippen molar-refractivity contribution in [1.82, 2.24) is 0 Å². The highest BCUT2D eigenvalue weighted by Gasteiger charge is 2.55. The molecule has 16 rings (SSSR count). The maximum Gasteiger partial charge on any atom is 0.132 e. The molecule has 336 valence electrons. The standard InChI is InChI=1S/C68H41NO2S/c1-4-21-50-45(17-1)48-20-15-29-58(66(48)68(50)54-25-8-12-32-61(54)71-62-33-13-9-26-55(62)68)69(44-38-35-42(36-39-44)43-37-40-47-46-18-3-14-34-63(46)72-64(47)41-43)57-28-16-27-56-65(57)49-19-2-5-22-51(49)67(56)52-23-6-10-30-59(52)70-60-31-11-7-24-53(60)67/h1-41H. The Morgan fingerprint density at radius 2 is 0.792 bits per heavy atom. The van der Waals surface area contributed by atoms with Crippen LogP contribution in [0.1, 0.15) is 44.5 Å². The van der Waals surface area contributed by atoms with Gasteiger partial charge in [-0.1, -0.05) is 188 Å². The SMILES string of the molecule is c1ccc2c(c1)Oc1ccccc1C21c2ccccc2-c2c(N(c3ccc(-c4ccc5c(c4)sc4ccccc45)cc3)c3cccc4c3C3(c5ccccc5Oc5ccccc53)c3ccccc3-4)cccc21. The third-order valence-corrected chi connectivity index (χ3v) is 17.1. The fraction of sp³-hybridized carbons (Fsp3) is 0.0294. The number of hydrogen-bond donors (Lipinski definition) is 0. The number of hydrogen-bond acceptors (Lipinski definition) is 4.